The second-order valence-corrected chi connectivity index (χ2v) is 9.68. The van der Waals surface area contributed by atoms with Gasteiger partial charge in [-0.25, -0.2) is 8.42 Å². The summed E-state index contributed by atoms with van der Waals surface area (Å²) in [6.45, 7) is 0. The Morgan fingerprint density at radius 3 is 2.25 bits per heavy atom. The van der Waals surface area contributed by atoms with Gasteiger partial charge < -0.3 is 10.1 Å². The minimum atomic E-state index is -4.19. The first-order valence-corrected chi connectivity index (χ1v) is 12.0. The third kappa shape index (κ3) is 5.94. The lowest BCUT2D eigenvalue weighted by Crippen LogP contribution is -2.45. The Balaban J connectivity index is 1.96. The lowest BCUT2D eigenvalue weighted by atomic mass is 10.1. The number of anilines is 1. The van der Waals surface area contributed by atoms with Crippen LogP contribution in [0.25, 0.3) is 0 Å². The van der Waals surface area contributed by atoms with Crippen molar-refractivity contribution in [1.29, 1.82) is 0 Å². The van der Waals surface area contributed by atoms with Gasteiger partial charge >= 0.3 is 0 Å². The van der Waals surface area contributed by atoms with E-state index < -0.39 is 22.0 Å². The largest absolute Gasteiger partial charge is 0.495 e. The number of carbonyl (C=O) groups is 1. The molecule has 2 N–H and O–H groups in total. The Kier molecular flexibility index (Phi) is 8.03. The van der Waals surface area contributed by atoms with Crippen LogP contribution in [0.1, 0.15) is 5.56 Å². The molecule has 3 aromatic carbocycles. The first kappa shape index (κ1) is 24.4. The summed E-state index contributed by atoms with van der Waals surface area (Å²) in [6, 6.07) is 16.8. The van der Waals surface area contributed by atoms with Crippen molar-refractivity contribution >= 4 is 56.4 Å². The number of carbonyl (C=O) groups excluding carboxylic acids is 1. The molecule has 0 bridgehead atoms. The molecule has 0 saturated carbocycles. The van der Waals surface area contributed by atoms with Crippen LogP contribution >= 0.6 is 34.8 Å². The highest BCUT2D eigenvalue weighted by molar-refractivity contribution is 7.89. The van der Waals surface area contributed by atoms with Crippen LogP contribution in [0.2, 0.25) is 15.1 Å². The van der Waals surface area contributed by atoms with Gasteiger partial charge in [0.05, 0.1) is 22.8 Å². The molecule has 3 rings (SSSR count). The van der Waals surface area contributed by atoms with Gasteiger partial charge in [-0.15, -0.1) is 0 Å². The maximum Gasteiger partial charge on any atom is 0.245 e. The lowest BCUT2D eigenvalue weighted by molar-refractivity contribution is -0.117. The van der Waals surface area contributed by atoms with Crippen LogP contribution < -0.4 is 14.8 Å². The van der Waals surface area contributed by atoms with Gasteiger partial charge in [-0.05, 0) is 42.3 Å². The van der Waals surface area contributed by atoms with Gasteiger partial charge in [-0.3, -0.25) is 4.79 Å². The molecule has 0 aliphatic rings. The summed E-state index contributed by atoms with van der Waals surface area (Å²) in [7, 11) is -2.85. The average Bonchev–Trinajstić information content (AvgIpc) is 2.76. The molecule has 32 heavy (non-hydrogen) atoms. The van der Waals surface area contributed by atoms with E-state index in [1.165, 1.54) is 25.3 Å². The normalized spacial score (nSPS) is 12.2. The number of benzene rings is 3. The van der Waals surface area contributed by atoms with Crippen molar-refractivity contribution < 1.29 is 17.9 Å². The molecule has 6 nitrogen and oxygen atoms in total. The van der Waals surface area contributed by atoms with E-state index in [1.54, 1.807) is 42.5 Å². The molecule has 0 fully saturated rings. The molecule has 168 valence electrons. The molecule has 0 radical (unpaired) electrons. The molecular formula is C22H19Cl3N2O4S. The monoisotopic (exact) mass is 512 g/mol. The Bertz CT molecular complexity index is 1200. The summed E-state index contributed by atoms with van der Waals surface area (Å²) in [4.78, 5) is 13.0. The molecule has 10 heteroatoms. The fraction of sp³-hybridized carbons (Fsp3) is 0.136. The van der Waals surface area contributed by atoms with Gasteiger partial charge in [-0.1, -0.05) is 71.2 Å². The molecule has 0 aliphatic carbocycles. The van der Waals surface area contributed by atoms with Gasteiger partial charge in [-0.2, -0.15) is 4.72 Å². The van der Waals surface area contributed by atoms with E-state index in [9.17, 15) is 13.2 Å². The van der Waals surface area contributed by atoms with Gasteiger partial charge in [0.1, 0.15) is 16.7 Å². The van der Waals surface area contributed by atoms with Gasteiger partial charge in [0, 0.05) is 5.02 Å². The molecule has 1 atom stereocenters. The SMILES string of the molecule is COc1ccc(Cl)cc1S(=O)(=O)NC(Cc1ccccc1)C(=O)Nc1c(Cl)cccc1Cl. The van der Waals surface area contributed by atoms with Crippen LogP contribution in [0.15, 0.2) is 71.6 Å². The van der Waals surface area contributed by atoms with E-state index in [0.29, 0.717) is 0 Å². The second-order valence-electron chi connectivity index (χ2n) is 6.74. The van der Waals surface area contributed by atoms with Crippen molar-refractivity contribution in [3.63, 3.8) is 0 Å². The highest BCUT2D eigenvalue weighted by atomic mass is 35.5. The average molecular weight is 514 g/mol. The van der Waals surface area contributed by atoms with E-state index in [2.05, 4.69) is 10.0 Å². The number of para-hydroxylation sites is 1. The summed E-state index contributed by atoms with van der Waals surface area (Å²) >= 11 is 18.3. The highest BCUT2D eigenvalue weighted by Crippen LogP contribution is 2.31. The molecule has 1 unspecified atom stereocenters. The predicted octanol–water partition coefficient (Wildman–Crippen LogP) is 5.18. The minimum absolute atomic E-state index is 0.0802. The van der Waals surface area contributed by atoms with Gasteiger partial charge in [0.25, 0.3) is 0 Å². The number of hydrogen-bond donors (Lipinski definition) is 2. The predicted molar refractivity (Wildman–Crippen MR) is 127 cm³/mol. The number of halogens is 3. The van der Waals surface area contributed by atoms with Crippen LogP contribution in [0, 0.1) is 0 Å². The summed E-state index contributed by atoms with van der Waals surface area (Å²) in [5.74, 6) is -0.539. The molecular weight excluding hydrogens is 495 g/mol. The number of rotatable bonds is 8. The van der Waals surface area contributed by atoms with Crippen LogP contribution in [0.4, 0.5) is 5.69 Å². The smallest absolute Gasteiger partial charge is 0.245 e. The topological polar surface area (TPSA) is 84.5 Å². The van der Waals surface area contributed by atoms with E-state index in [0.717, 1.165) is 5.56 Å². The number of nitrogens with one attached hydrogen (secondary N) is 2. The Morgan fingerprint density at radius 1 is 0.969 bits per heavy atom. The zero-order chi connectivity index (χ0) is 23.3. The number of amides is 1. The van der Waals surface area contributed by atoms with Crippen molar-refractivity contribution in [2.75, 3.05) is 12.4 Å². The quantitative estimate of drug-likeness (QED) is 0.434. The van der Waals surface area contributed by atoms with E-state index in [1.807, 2.05) is 6.07 Å². The first-order chi connectivity index (χ1) is 15.2. The molecule has 1 amide bonds. The molecule has 0 aliphatic heterocycles. The second kappa shape index (κ2) is 10.6. The first-order valence-electron chi connectivity index (χ1n) is 9.36. The zero-order valence-electron chi connectivity index (χ0n) is 16.8. The summed E-state index contributed by atoms with van der Waals surface area (Å²) in [5, 5.41) is 3.28. The van der Waals surface area contributed by atoms with Crippen LogP contribution in [0.3, 0.4) is 0 Å². The van der Waals surface area contributed by atoms with Crippen LogP contribution in [-0.2, 0) is 21.2 Å². The number of methoxy groups -OCH3 is 1. The maximum absolute atomic E-state index is 13.2. The van der Waals surface area contributed by atoms with Gasteiger partial charge in [0.2, 0.25) is 15.9 Å². The molecule has 0 saturated heterocycles. The third-order valence-electron chi connectivity index (χ3n) is 4.52. The van der Waals surface area contributed by atoms with E-state index >= 15 is 0 Å². The number of hydrogen-bond acceptors (Lipinski definition) is 4. The Morgan fingerprint density at radius 2 is 1.62 bits per heavy atom. The fourth-order valence-corrected chi connectivity index (χ4v) is 5.10. The van der Waals surface area contributed by atoms with Crippen molar-refractivity contribution in [1.82, 2.24) is 4.72 Å². The molecule has 3 aromatic rings. The Hall–Kier alpha value is -2.29. The Labute approximate surface area is 201 Å². The third-order valence-corrected chi connectivity index (χ3v) is 6.88. The van der Waals surface area contributed by atoms with Crippen molar-refractivity contribution in [2.24, 2.45) is 0 Å². The van der Waals surface area contributed by atoms with Crippen molar-refractivity contribution in [3.05, 3.63) is 87.4 Å². The number of sulfonamides is 1. The summed E-state index contributed by atoms with van der Waals surface area (Å²) in [6.07, 6.45) is 0.0802. The summed E-state index contributed by atoms with van der Waals surface area (Å²) in [5.41, 5.74) is 0.942. The lowest BCUT2D eigenvalue weighted by Gasteiger charge is -2.20. The van der Waals surface area contributed by atoms with Crippen LogP contribution in [0.5, 0.6) is 5.75 Å². The highest BCUT2D eigenvalue weighted by Gasteiger charge is 2.29. The summed E-state index contributed by atoms with van der Waals surface area (Å²) < 4.78 is 34.0. The van der Waals surface area contributed by atoms with Crippen molar-refractivity contribution in [3.8, 4) is 5.75 Å². The number of ether oxygens (including phenoxy) is 1. The standard InChI is InChI=1S/C22H19Cl3N2O4S/c1-31-19-11-10-15(23)13-20(19)32(29,30)27-18(12-14-6-3-2-4-7-14)22(28)26-21-16(24)8-5-9-17(21)25/h2-11,13,18,27H,12H2,1H3,(H,26,28). The van der Waals surface area contributed by atoms with Crippen LogP contribution in [-0.4, -0.2) is 27.5 Å². The molecule has 0 spiro atoms. The molecule has 0 heterocycles. The van der Waals surface area contributed by atoms with E-state index in [-0.39, 0.29) is 37.8 Å². The van der Waals surface area contributed by atoms with Gasteiger partial charge in [0.15, 0.2) is 0 Å². The zero-order valence-corrected chi connectivity index (χ0v) is 19.9. The molecule has 0 aromatic heterocycles. The van der Waals surface area contributed by atoms with Crippen molar-refractivity contribution in [2.45, 2.75) is 17.4 Å². The van der Waals surface area contributed by atoms with E-state index in [4.69, 9.17) is 39.5 Å². The minimum Gasteiger partial charge on any atom is -0.495 e. The fourth-order valence-electron chi connectivity index (χ4n) is 2.98. The maximum atomic E-state index is 13.2.